The minimum Gasteiger partial charge on any atom is -0.396 e. The minimum atomic E-state index is -0.573. The zero-order valence-corrected chi connectivity index (χ0v) is 12.5. The molecule has 2 rings (SSSR count). The maximum atomic E-state index is 12.7. The van der Waals surface area contributed by atoms with Gasteiger partial charge in [-0.2, -0.15) is 0 Å². The highest BCUT2D eigenvalue weighted by Gasteiger charge is 2.06. The average Bonchev–Trinajstić information content (AvgIpc) is 2.39. The van der Waals surface area contributed by atoms with Crippen LogP contribution in [0.1, 0.15) is 0 Å². The van der Waals surface area contributed by atoms with Crippen LogP contribution in [-0.2, 0) is 0 Å². The Bertz CT molecular complexity index is 547. The summed E-state index contributed by atoms with van der Waals surface area (Å²) in [7, 11) is 0. The van der Waals surface area contributed by atoms with Gasteiger partial charge in [0.1, 0.15) is 0 Å². The summed E-state index contributed by atoms with van der Waals surface area (Å²) in [4.78, 5) is 0. The fraction of sp³-hybridized carbons (Fsp3) is 0. The van der Waals surface area contributed by atoms with Gasteiger partial charge in [0.05, 0.1) is 21.4 Å². The van der Waals surface area contributed by atoms with E-state index in [1.807, 2.05) is 0 Å². The molecule has 0 fully saturated rings. The quantitative estimate of drug-likeness (QED) is 0.513. The van der Waals surface area contributed by atoms with Gasteiger partial charge in [0.15, 0.2) is 11.6 Å². The lowest BCUT2D eigenvalue weighted by Crippen LogP contribution is -1.90. The monoisotopic (exact) mass is 368 g/mol. The van der Waals surface area contributed by atoms with Crippen LogP contribution in [0.4, 0.5) is 20.2 Å². The molecule has 0 aliphatic heterocycles. The Morgan fingerprint density at radius 1 is 0.895 bits per heavy atom. The summed E-state index contributed by atoms with van der Waals surface area (Å²) in [5.74, 6) is -1.12. The molecule has 0 atom stereocenters. The van der Waals surface area contributed by atoms with E-state index in [0.717, 1.165) is 0 Å². The molecule has 0 aromatic heterocycles. The van der Waals surface area contributed by atoms with Crippen LogP contribution in [0.2, 0.25) is 10.0 Å². The van der Waals surface area contributed by atoms with Gasteiger partial charge in [0, 0.05) is 4.47 Å². The first-order chi connectivity index (χ1) is 8.84. The Morgan fingerprint density at radius 3 is 1.95 bits per heavy atom. The molecule has 0 heterocycles. The molecule has 0 spiro atoms. The molecular weight excluding hydrogens is 361 g/mol. The van der Waals surface area contributed by atoms with Crippen LogP contribution in [0.15, 0.2) is 34.8 Å². The van der Waals surface area contributed by atoms with Crippen molar-refractivity contribution in [3.05, 3.63) is 56.5 Å². The molecule has 2 aromatic rings. The lowest BCUT2D eigenvalue weighted by atomic mass is 10.3. The first-order valence-corrected chi connectivity index (χ1v) is 6.48. The van der Waals surface area contributed by atoms with Crippen molar-refractivity contribution in [1.82, 2.24) is 0 Å². The van der Waals surface area contributed by atoms with Gasteiger partial charge in [-0.1, -0.05) is 29.3 Å². The fourth-order valence-corrected chi connectivity index (χ4v) is 1.72. The van der Waals surface area contributed by atoms with Crippen molar-refractivity contribution in [2.45, 2.75) is 0 Å². The number of rotatable bonds is 0. The van der Waals surface area contributed by atoms with E-state index < -0.39 is 11.6 Å². The van der Waals surface area contributed by atoms with Gasteiger partial charge in [-0.25, -0.2) is 8.78 Å². The van der Waals surface area contributed by atoms with E-state index in [4.69, 9.17) is 34.7 Å². The highest BCUT2D eigenvalue weighted by atomic mass is 79.9. The first-order valence-electron chi connectivity index (χ1n) is 4.93. The largest absolute Gasteiger partial charge is 0.396 e. The summed E-state index contributed by atoms with van der Waals surface area (Å²) in [5.41, 5.74) is 10.5. The standard InChI is InChI=1S/C6H4BrClFN.C6H5ClFN/c7-3-1-2-4(10)6(9)5(3)8;7-4-2-1-3-5(9)6(4)8/h1-2H,10H2;1-3H,9H2. The molecule has 0 unspecified atom stereocenters. The van der Waals surface area contributed by atoms with Crippen molar-refractivity contribution < 1.29 is 8.78 Å². The highest BCUT2D eigenvalue weighted by molar-refractivity contribution is 9.10. The molecular formula is C12H9BrCl2F2N2. The Labute approximate surface area is 127 Å². The van der Waals surface area contributed by atoms with Crippen molar-refractivity contribution in [2.24, 2.45) is 0 Å². The smallest absolute Gasteiger partial charge is 0.165 e. The summed E-state index contributed by atoms with van der Waals surface area (Å²) in [6.07, 6.45) is 0. The van der Waals surface area contributed by atoms with Crippen molar-refractivity contribution in [3.8, 4) is 0 Å². The van der Waals surface area contributed by atoms with Gasteiger partial charge in [-0.15, -0.1) is 0 Å². The topological polar surface area (TPSA) is 52.0 Å². The van der Waals surface area contributed by atoms with Crippen molar-refractivity contribution >= 4 is 50.5 Å². The van der Waals surface area contributed by atoms with E-state index in [-0.39, 0.29) is 21.4 Å². The van der Waals surface area contributed by atoms with Crippen LogP contribution in [-0.4, -0.2) is 0 Å². The third-order valence-electron chi connectivity index (χ3n) is 2.05. The summed E-state index contributed by atoms with van der Waals surface area (Å²) >= 11 is 13.9. The second-order valence-electron chi connectivity index (χ2n) is 3.41. The first kappa shape index (κ1) is 16.0. The van der Waals surface area contributed by atoms with Gasteiger partial charge < -0.3 is 11.5 Å². The second kappa shape index (κ2) is 6.93. The lowest BCUT2D eigenvalue weighted by molar-refractivity contribution is 0.632. The molecule has 102 valence electrons. The zero-order chi connectivity index (χ0) is 14.6. The van der Waals surface area contributed by atoms with Crippen molar-refractivity contribution in [3.63, 3.8) is 0 Å². The number of halogens is 5. The normalized spacial score (nSPS) is 9.74. The Hall–Kier alpha value is -1.04. The van der Waals surface area contributed by atoms with Gasteiger partial charge >= 0.3 is 0 Å². The summed E-state index contributed by atoms with van der Waals surface area (Å²) in [5, 5.41) is 0.0926. The summed E-state index contributed by atoms with van der Waals surface area (Å²) < 4.78 is 25.7. The van der Waals surface area contributed by atoms with Crippen LogP contribution >= 0.6 is 39.1 Å². The molecule has 0 bridgehead atoms. The predicted molar refractivity (Wildman–Crippen MR) is 79.3 cm³/mol. The third-order valence-corrected chi connectivity index (χ3v) is 3.60. The van der Waals surface area contributed by atoms with Crippen LogP contribution in [0.5, 0.6) is 0 Å². The van der Waals surface area contributed by atoms with E-state index in [0.29, 0.717) is 4.47 Å². The molecule has 0 aliphatic rings. The SMILES string of the molecule is Nc1ccc(Br)c(Cl)c1F.Nc1cccc(Cl)c1F. The number of benzene rings is 2. The maximum Gasteiger partial charge on any atom is 0.165 e. The number of anilines is 2. The van der Waals surface area contributed by atoms with Gasteiger partial charge in [-0.3, -0.25) is 0 Å². The zero-order valence-electron chi connectivity index (χ0n) is 9.43. The van der Waals surface area contributed by atoms with Crippen LogP contribution < -0.4 is 11.5 Å². The molecule has 19 heavy (non-hydrogen) atoms. The molecule has 7 heteroatoms. The van der Waals surface area contributed by atoms with Crippen LogP contribution in [0, 0.1) is 11.6 Å². The highest BCUT2D eigenvalue weighted by Crippen LogP contribution is 2.28. The van der Waals surface area contributed by atoms with E-state index >= 15 is 0 Å². The number of nitrogens with two attached hydrogens (primary N) is 2. The van der Waals surface area contributed by atoms with E-state index in [9.17, 15) is 8.78 Å². The molecule has 0 amide bonds. The van der Waals surface area contributed by atoms with Crippen LogP contribution in [0.25, 0.3) is 0 Å². The van der Waals surface area contributed by atoms with Crippen LogP contribution in [0.3, 0.4) is 0 Å². The van der Waals surface area contributed by atoms with Gasteiger partial charge in [-0.05, 0) is 40.2 Å². The Morgan fingerprint density at radius 2 is 1.47 bits per heavy atom. The summed E-state index contributed by atoms with van der Waals surface area (Å²) in [6.45, 7) is 0. The molecule has 0 saturated heterocycles. The molecule has 2 nitrogen and oxygen atoms in total. The number of hydrogen-bond donors (Lipinski definition) is 2. The average molecular weight is 370 g/mol. The lowest BCUT2D eigenvalue weighted by Gasteiger charge is -1.99. The van der Waals surface area contributed by atoms with E-state index in [2.05, 4.69) is 15.9 Å². The molecule has 0 radical (unpaired) electrons. The number of hydrogen-bond acceptors (Lipinski definition) is 2. The third kappa shape index (κ3) is 4.23. The van der Waals surface area contributed by atoms with Gasteiger partial charge in [0.25, 0.3) is 0 Å². The molecule has 4 N–H and O–H groups in total. The second-order valence-corrected chi connectivity index (χ2v) is 5.05. The predicted octanol–water partition coefficient (Wildman–Crippen LogP) is 4.89. The van der Waals surface area contributed by atoms with Gasteiger partial charge in [0.2, 0.25) is 0 Å². The molecule has 0 saturated carbocycles. The van der Waals surface area contributed by atoms with Crippen molar-refractivity contribution in [1.29, 1.82) is 0 Å². The molecule has 2 aromatic carbocycles. The summed E-state index contributed by atoms with van der Waals surface area (Å²) in [6, 6.07) is 7.56. The fourth-order valence-electron chi connectivity index (χ4n) is 1.06. The van der Waals surface area contributed by atoms with Crippen molar-refractivity contribution in [2.75, 3.05) is 11.5 Å². The maximum absolute atomic E-state index is 12.7. The van der Waals surface area contributed by atoms with E-state index in [1.165, 1.54) is 18.2 Å². The Balaban J connectivity index is 0.000000191. The number of nitrogen functional groups attached to an aromatic ring is 2. The van der Waals surface area contributed by atoms with E-state index in [1.54, 1.807) is 12.1 Å². The molecule has 0 aliphatic carbocycles. The minimum absolute atomic E-state index is 0.0278. The Kier molecular flexibility index (Phi) is 5.85.